The zero-order chi connectivity index (χ0) is 20.0. The van der Waals surface area contributed by atoms with E-state index in [0.29, 0.717) is 0 Å². The highest BCUT2D eigenvalue weighted by molar-refractivity contribution is 7.89. The molecule has 0 aliphatic rings. The molecule has 0 saturated carbocycles. The highest BCUT2D eigenvalue weighted by Crippen LogP contribution is 2.16. The van der Waals surface area contributed by atoms with Crippen LogP contribution in [-0.2, 0) is 24.4 Å². The summed E-state index contributed by atoms with van der Waals surface area (Å²) >= 11 is 0. The van der Waals surface area contributed by atoms with Crippen LogP contribution in [0, 0.1) is 0 Å². The number of phenols is 1. The van der Waals surface area contributed by atoms with Crippen LogP contribution in [-0.4, -0.2) is 31.3 Å². The molecule has 27 heavy (non-hydrogen) atoms. The van der Waals surface area contributed by atoms with Gasteiger partial charge in [-0.25, -0.2) is 8.42 Å². The number of phenolic OH excluding ortho intramolecular Hbond substituents is 1. The minimum Gasteiger partial charge on any atom is -0.508 e. The fraction of sp³-hybridized carbons (Fsp3) is 0.0625. The van der Waals surface area contributed by atoms with Gasteiger partial charge in [-0.3, -0.25) is 19.8 Å². The van der Waals surface area contributed by atoms with Crippen LogP contribution in [0.2, 0.25) is 0 Å². The van der Waals surface area contributed by atoms with Crippen LogP contribution < -0.4 is 20.3 Å². The number of nitrogens with one attached hydrogen (secondary N) is 3. The topological polar surface area (TPSA) is 151 Å². The molecule has 0 unspecified atom stereocenters. The molecule has 0 aliphatic carbocycles. The van der Waals surface area contributed by atoms with Crippen LogP contribution in [0.5, 0.6) is 11.5 Å². The van der Waals surface area contributed by atoms with Crippen molar-refractivity contribution in [3.8, 4) is 11.5 Å². The molecule has 2 aromatic carbocycles. The van der Waals surface area contributed by atoms with Crippen LogP contribution in [0.25, 0.3) is 0 Å². The minimum absolute atomic E-state index is 0.0232. The normalized spacial score (nSPS) is 10.7. The van der Waals surface area contributed by atoms with Crippen molar-refractivity contribution in [3.63, 3.8) is 0 Å². The van der Waals surface area contributed by atoms with E-state index in [2.05, 4.69) is 5.32 Å². The number of ether oxygens (including phenoxy) is 1. The van der Waals surface area contributed by atoms with Gasteiger partial charge >= 0.3 is 17.8 Å². The summed E-state index contributed by atoms with van der Waals surface area (Å²) < 4.78 is 29.0. The Morgan fingerprint density at radius 2 is 1.52 bits per heavy atom. The van der Waals surface area contributed by atoms with Crippen LogP contribution >= 0.6 is 0 Å². The molecule has 0 spiro atoms. The number of anilines is 1. The highest BCUT2D eigenvalue weighted by Gasteiger charge is 2.19. The molecule has 2 aromatic rings. The smallest absolute Gasteiger partial charge is 0.324 e. The minimum atomic E-state index is -4.15. The molecule has 0 bridgehead atoms. The molecule has 0 aliphatic heterocycles. The lowest BCUT2D eigenvalue weighted by Crippen LogP contribution is -2.46. The fourth-order valence-corrected chi connectivity index (χ4v) is 2.65. The largest absolute Gasteiger partial charge is 0.508 e. The van der Waals surface area contributed by atoms with E-state index in [-0.39, 0.29) is 22.1 Å². The van der Waals surface area contributed by atoms with E-state index in [1.165, 1.54) is 43.3 Å². The third-order valence-corrected chi connectivity index (χ3v) is 4.29. The second-order valence-electron chi connectivity index (χ2n) is 5.13. The summed E-state index contributed by atoms with van der Waals surface area (Å²) in [6.45, 7) is 1.20. The van der Waals surface area contributed by atoms with Crippen molar-refractivity contribution in [2.24, 2.45) is 0 Å². The van der Waals surface area contributed by atoms with Crippen LogP contribution in [0.3, 0.4) is 0 Å². The molecule has 0 aromatic heterocycles. The van der Waals surface area contributed by atoms with Crippen molar-refractivity contribution in [1.29, 1.82) is 0 Å². The molecule has 0 heterocycles. The SMILES string of the molecule is CC(=O)Oc1ccc(S(=O)(=O)NNC(=O)C(=O)Nc2ccc(O)cc2)cc1. The fourth-order valence-electron chi connectivity index (χ4n) is 1.81. The molecule has 11 heteroatoms. The summed E-state index contributed by atoms with van der Waals surface area (Å²) in [5.41, 5.74) is 2.01. The number of aromatic hydroxyl groups is 1. The zero-order valence-corrected chi connectivity index (χ0v) is 14.7. The Morgan fingerprint density at radius 1 is 0.926 bits per heavy atom. The number of hydrogen-bond donors (Lipinski definition) is 4. The van der Waals surface area contributed by atoms with Crippen molar-refractivity contribution in [1.82, 2.24) is 10.3 Å². The predicted molar refractivity (Wildman–Crippen MR) is 93.0 cm³/mol. The third kappa shape index (κ3) is 5.80. The van der Waals surface area contributed by atoms with E-state index in [0.717, 1.165) is 12.1 Å². The summed E-state index contributed by atoms with van der Waals surface area (Å²) in [4.78, 5) is 35.8. The van der Waals surface area contributed by atoms with Crippen molar-refractivity contribution in [2.45, 2.75) is 11.8 Å². The molecular formula is C16H15N3O7S. The maximum atomic E-state index is 12.1. The van der Waals surface area contributed by atoms with Crippen LogP contribution in [0.1, 0.15) is 6.92 Å². The van der Waals surface area contributed by atoms with E-state index in [4.69, 9.17) is 9.84 Å². The maximum absolute atomic E-state index is 12.1. The first-order valence-corrected chi connectivity index (χ1v) is 8.86. The Bertz CT molecular complexity index is 955. The number of carbonyl (C=O) groups excluding carboxylic acids is 3. The first-order chi connectivity index (χ1) is 12.7. The van der Waals surface area contributed by atoms with E-state index in [9.17, 15) is 22.8 Å². The van der Waals surface area contributed by atoms with Gasteiger partial charge in [-0.1, -0.05) is 0 Å². The number of benzene rings is 2. The van der Waals surface area contributed by atoms with Gasteiger partial charge in [-0.15, -0.1) is 4.83 Å². The highest BCUT2D eigenvalue weighted by atomic mass is 32.2. The molecule has 142 valence electrons. The Morgan fingerprint density at radius 3 is 2.07 bits per heavy atom. The number of carbonyl (C=O) groups is 3. The summed E-state index contributed by atoms with van der Waals surface area (Å²) in [5, 5.41) is 11.4. The monoisotopic (exact) mass is 393 g/mol. The van der Waals surface area contributed by atoms with Gasteiger partial charge < -0.3 is 15.2 Å². The van der Waals surface area contributed by atoms with Gasteiger partial charge in [0, 0.05) is 12.6 Å². The molecule has 2 amide bonds. The summed E-state index contributed by atoms with van der Waals surface area (Å²) in [7, 11) is -4.15. The molecule has 0 saturated heterocycles. The molecule has 4 N–H and O–H groups in total. The lowest BCUT2D eigenvalue weighted by atomic mass is 10.3. The first-order valence-electron chi connectivity index (χ1n) is 7.38. The van der Waals surface area contributed by atoms with E-state index < -0.39 is 27.8 Å². The molecular weight excluding hydrogens is 378 g/mol. The standard InChI is InChI=1S/C16H15N3O7S/c1-10(20)26-13-6-8-14(9-7-13)27(24,25)19-18-16(23)15(22)17-11-2-4-12(21)5-3-11/h2-9,19,21H,1H3,(H,17,22)(H,18,23). The van der Waals surface area contributed by atoms with Crippen molar-refractivity contribution in [3.05, 3.63) is 48.5 Å². The summed E-state index contributed by atoms with van der Waals surface area (Å²) in [5.74, 6) is -2.80. The first kappa shape index (κ1) is 19.9. The average molecular weight is 393 g/mol. The molecule has 0 atom stereocenters. The van der Waals surface area contributed by atoms with Gasteiger partial charge in [-0.05, 0) is 48.5 Å². The molecule has 0 radical (unpaired) electrons. The third-order valence-electron chi connectivity index (χ3n) is 3.03. The van der Waals surface area contributed by atoms with Crippen LogP contribution in [0.4, 0.5) is 5.69 Å². The van der Waals surface area contributed by atoms with Gasteiger partial charge in [0.05, 0.1) is 4.90 Å². The Hall–Kier alpha value is -3.44. The zero-order valence-electron chi connectivity index (χ0n) is 13.9. The van der Waals surface area contributed by atoms with E-state index in [1.54, 1.807) is 10.3 Å². The molecule has 2 rings (SSSR count). The Balaban J connectivity index is 1.95. The molecule has 10 nitrogen and oxygen atoms in total. The second kappa shape index (κ2) is 8.29. The average Bonchev–Trinajstić information content (AvgIpc) is 2.61. The Labute approximate surface area is 154 Å². The van der Waals surface area contributed by atoms with Crippen molar-refractivity contribution in [2.75, 3.05) is 5.32 Å². The van der Waals surface area contributed by atoms with Gasteiger partial charge in [0.15, 0.2) is 0 Å². The van der Waals surface area contributed by atoms with Crippen LogP contribution in [0.15, 0.2) is 53.4 Å². The lowest BCUT2D eigenvalue weighted by Gasteiger charge is -2.09. The number of sulfonamides is 1. The van der Waals surface area contributed by atoms with E-state index >= 15 is 0 Å². The second-order valence-corrected chi connectivity index (χ2v) is 6.81. The number of amides is 2. The summed E-state index contributed by atoms with van der Waals surface area (Å²) in [6.07, 6.45) is 0. The summed E-state index contributed by atoms with van der Waals surface area (Å²) in [6, 6.07) is 10.1. The van der Waals surface area contributed by atoms with Gasteiger partial charge in [0.25, 0.3) is 10.0 Å². The quantitative estimate of drug-likeness (QED) is 0.187. The Kier molecular flexibility index (Phi) is 6.11. The van der Waals surface area contributed by atoms with Gasteiger partial charge in [0.2, 0.25) is 0 Å². The van der Waals surface area contributed by atoms with Gasteiger partial charge in [0.1, 0.15) is 11.5 Å². The maximum Gasteiger partial charge on any atom is 0.324 e. The lowest BCUT2D eigenvalue weighted by molar-refractivity contribution is -0.136. The number of rotatable bonds is 5. The molecule has 0 fully saturated rings. The van der Waals surface area contributed by atoms with Crippen molar-refractivity contribution >= 4 is 33.5 Å². The number of hydrogen-bond acceptors (Lipinski definition) is 7. The van der Waals surface area contributed by atoms with E-state index in [1.807, 2.05) is 0 Å². The predicted octanol–water partition coefficient (Wildman–Crippen LogP) is 0.266. The van der Waals surface area contributed by atoms with Crippen molar-refractivity contribution < 1.29 is 32.6 Å². The number of hydrazine groups is 1. The van der Waals surface area contributed by atoms with Gasteiger partial charge in [-0.2, -0.15) is 0 Å². The number of esters is 1.